The van der Waals surface area contributed by atoms with Crippen LogP contribution in [0.2, 0.25) is 0 Å². The van der Waals surface area contributed by atoms with E-state index in [1.165, 1.54) is 0 Å². The minimum atomic E-state index is -1.19. The number of hydrogen-bond donors (Lipinski definition) is 1. The van der Waals surface area contributed by atoms with Crippen molar-refractivity contribution in [1.29, 1.82) is 0 Å². The van der Waals surface area contributed by atoms with Crippen LogP contribution in [0, 0.1) is 11.8 Å². The molecule has 5 rings (SSSR count). The molecule has 0 radical (unpaired) electrons. The Morgan fingerprint density at radius 2 is 1.55 bits per heavy atom. The third kappa shape index (κ3) is 5.24. The summed E-state index contributed by atoms with van der Waals surface area (Å²) < 4.78 is 12.4. The molecular weight excluding hydrogens is 512 g/mol. The zero-order chi connectivity index (χ0) is 28.3. The van der Waals surface area contributed by atoms with Gasteiger partial charge in [0.15, 0.2) is 0 Å². The van der Waals surface area contributed by atoms with Gasteiger partial charge < -0.3 is 29.3 Å². The normalized spacial score (nSPS) is 34.2. The Morgan fingerprint density at radius 1 is 0.850 bits per heavy atom. The van der Waals surface area contributed by atoms with Crippen LogP contribution < -0.4 is 0 Å². The van der Waals surface area contributed by atoms with Crippen molar-refractivity contribution in [2.75, 3.05) is 72.2 Å². The molecule has 5 atom stereocenters. The lowest BCUT2D eigenvalue weighted by Gasteiger charge is -2.38. The van der Waals surface area contributed by atoms with Crippen LogP contribution >= 0.6 is 0 Å². The van der Waals surface area contributed by atoms with E-state index in [9.17, 15) is 19.5 Å². The maximum absolute atomic E-state index is 14.4. The number of rotatable bonds is 11. The van der Waals surface area contributed by atoms with E-state index in [0.717, 1.165) is 51.7 Å². The Balaban J connectivity index is 1.46. The summed E-state index contributed by atoms with van der Waals surface area (Å²) in [4.78, 5) is 50.4. The summed E-state index contributed by atoms with van der Waals surface area (Å²) in [7, 11) is 0. The van der Waals surface area contributed by atoms with E-state index in [4.69, 9.17) is 9.47 Å². The summed E-state index contributed by atoms with van der Waals surface area (Å²) in [6.07, 6.45) is 11.8. The number of carbonyl (C=O) groups is 3. The van der Waals surface area contributed by atoms with Gasteiger partial charge >= 0.3 is 0 Å². The molecule has 3 fully saturated rings. The van der Waals surface area contributed by atoms with Crippen LogP contribution in [0.15, 0.2) is 24.3 Å². The van der Waals surface area contributed by atoms with Gasteiger partial charge in [-0.25, -0.2) is 0 Å². The summed E-state index contributed by atoms with van der Waals surface area (Å²) in [6.45, 7) is 10.5. The maximum Gasteiger partial charge on any atom is 0.249 e. The molecule has 5 heterocycles. The molecule has 222 valence electrons. The molecule has 1 unspecified atom stereocenters. The van der Waals surface area contributed by atoms with Gasteiger partial charge in [-0.15, -0.1) is 0 Å². The molecule has 0 aromatic rings. The summed E-state index contributed by atoms with van der Waals surface area (Å²) in [5.41, 5.74) is -2.17. The van der Waals surface area contributed by atoms with Crippen LogP contribution in [0.4, 0.5) is 0 Å². The number of unbranched alkanes of at least 4 members (excludes halogenated alkanes) is 3. The van der Waals surface area contributed by atoms with Crippen LogP contribution in [-0.2, 0) is 23.9 Å². The molecule has 5 aliphatic heterocycles. The average Bonchev–Trinajstić information content (AvgIpc) is 3.21. The first-order valence-electron chi connectivity index (χ1n) is 15.2. The quantitative estimate of drug-likeness (QED) is 0.299. The summed E-state index contributed by atoms with van der Waals surface area (Å²) in [5, 5.41) is 9.17. The van der Waals surface area contributed by atoms with E-state index in [1.807, 2.05) is 48.0 Å². The second-order valence-electron chi connectivity index (χ2n) is 12.0. The van der Waals surface area contributed by atoms with Gasteiger partial charge in [-0.05, 0) is 26.2 Å². The van der Waals surface area contributed by atoms with Crippen molar-refractivity contribution in [3.05, 3.63) is 24.3 Å². The lowest BCUT2D eigenvalue weighted by atomic mass is 9.74. The highest BCUT2D eigenvalue weighted by atomic mass is 16.5. The minimum Gasteiger partial charge on any atom is -0.396 e. The van der Waals surface area contributed by atoms with Gasteiger partial charge in [0.2, 0.25) is 17.7 Å². The predicted molar refractivity (Wildman–Crippen MR) is 149 cm³/mol. The number of nitrogens with zero attached hydrogens (tertiary/aromatic N) is 4. The highest BCUT2D eigenvalue weighted by Gasteiger charge is 2.74. The number of fused-ring (bicyclic) bond motifs is 2. The Labute approximate surface area is 237 Å². The Bertz CT molecular complexity index is 1010. The van der Waals surface area contributed by atoms with E-state index in [1.54, 1.807) is 4.90 Å². The van der Waals surface area contributed by atoms with E-state index >= 15 is 0 Å². The molecule has 0 aromatic carbocycles. The third-order valence-electron chi connectivity index (χ3n) is 9.31. The molecule has 0 saturated carbocycles. The van der Waals surface area contributed by atoms with Gasteiger partial charge in [0.05, 0.1) is 30.7 Å². The van der Waals surface area contributed by atoms with E-state index in [2.05, 4.69) is 4.90 Å². The van der Waals surface area contributed by atoms with Crippen molar-refractivity contribution in [2.45, 2.75) is 63.2 Å². The Morgan fingerprint density at radius 3 is 2.27 bits per heavy atom. The molecule has 1 N–H and O–H groups in total. The number of carbonyl (C=O) groups excluding carboxylic acids is 3. The molecule has 40 heavy (non-hydrogen) atoms. The lowest BCUT2D eigenvalue weighted by Crippen LogP contribution is -2.56. The first-order chi connectivity index (χ1) is 19.4. The monoisotopic (exact) mass is 558 g/mol. The van der Waals surface area contributed by atoms with Gasteiger partial charge in [0.25, 0.3) is 0 Å². The number of morpholine rings is 1. The summed E-state index contributed by atoms with van der Waals surface area (Å²) >= 11 is 0. The smallest absolute Gasteiger partial charge is 0.249 e. The number of aliphatic hydroxyl groups is 1. The molecule has 3 saturated heterocycles. The first-order valence-corrected chi connectivity index (χ1v) is 15.2. The standard InChI is InChI=1S/C30H46N4O6/c1-3-12-32-13-8-10-29(2)23(26(32)36)24-27(37)34(15-6-4-5-7-20-35)25-28(38)33(14-9-11-30(24,25)40-29)17-16-31-18-21-39-22-19-31/h8-11,23-25,35H,3-7,12-22H2,1-2H3/t23-,24-,25?,29+,30-/m0/s1. The molecule has 10 nitrogen and oxygen atoms in total. The molecule has 0 bridgehead atoms. The molecular formula is C30H46N4O6. The minimum absolute atomic E-state index is 0.0672. The lowest BCUT2D eigenvalue weighted by molar-refractivity contribution is -0.152. The molecule has 10 heteroatoms. The average molecular weight is 559 g/mol. The summed E-state index contributed by atoms with van der Waals surface area (Å²) in [6, 6.07) is -0.809. The van der Waals surface area contributed by atoms with Gasteiger partial charge in [0.1, 0.15) is 11.6 Å². The van der Waals surface area contributed by atoms with Crippen molar-refractivity contribution in [1.82, 2.24) is 19.6 Å². The van der Waals surface area contributed by atoms with Crippen molar-refractivity contribution < 1.29 is 29.0 Å². The van der Waals surface area contributed by atoms with Gasteiger partial charge in [-0.3, -0.25) is 19.3 Å². The molecule has 0 aliphatic carbocycles. The SMILES string of the molecule is CCCN1CC=C[C@@]2(C)O[C@]34C=CCN(CCN5CCOCC5)C(=O)C3N(CCCCCCO)C(=O)[C@@H]4[C@H]2C1=O. The predicted octanol–water partition coefficient (Wildman–Crippen LogP) is 1.05. The van der Waals surface area contributed by atoms with Gasteiger partial charge in [-0.1, -0.05) is 44.1 Å². The van der Waals surface area contributed by atoms with Gasteiger partial charge in [0, 0.05) is 59.0 Å². The molecule has 3 amide bonds. The van der Waals surface area contributed by atoms with Crippen LogP contribution in [0.5, 0.6) is 0 Å². The van der Waals surface area contributed by atoms with Crippen LogP contribution in [0.3, 0.4) is 0 Å². The second-order valence-corrected chi connectivity index (χ2v) is 12.0. The fourth-order valence-electron chi connectivity index (χ4n) is 7.37. The third-order valence-corrected chi connectivity index (χ3v) is 9.31. The van der Waals surface area contributed by atoms with Crippen molar-refractivity contribution in [3.63, 3.8) is 0 Å². The zero-order valence-electron chi connectivity index (χ0n) is 24.1. The zero-order valence-corrected chi connectivity index (χ0v) is 24.1. The number of amides is 3. The molecule has 0 aromatic heterocycles. The fourth-order valence-corrected chi connectivity index (χ4v) is 7.37. The number of likely N-dealkylation sites (tertiary alicyclic amines) is 1. The van der Waals surface area contributed by atoms with E-state index in [0.29, 0.717) is 45.9 Å². The Kier molecular flexibility index (Phi) is 8.99. The number of hydrogen-bond acceptors (Lipinski definition) is 7. The highest BCUT2D eigenvalue weighted by Crippen LogP contribution is 2.57. The van der Waals surface area contributed by atoms with E-state index in [-0.39, 0.29) is 24.3 Å². The topological polar surface area (TPSA) is 103 Å². The summed E-state index contributed by atoms with van der Waals surface area (Å²) in [5.74, 6) is -1.78. The van der Waals surface area contributed by atoms with E-state index < -0.39 is 29.1 Å². The van der Waals surface area contributed by atoms with Crippen molar-refractivity contribution in [2.24, 2.45) is 11.8 Å². The van der Waals surface area contributed by atoms with Crippen LogP contribution in [0.25, 0.3) is 0 Å². The van der Waals surface area contributed by atoms with Crippen molar-refractivity contribution in [3.8, 4) is 0 Å². The number of aliphatic hydroxyl groups excluding tert-OH is 1. The highest BCUT2D eigenvalue weighted by molar-refractivity contribution is 6.00. The van der Waals surface area contributed by atoms with Crippen molar-refractivity contribution >= 4 is 17.7 Å². The molecule has 1 spiro atoms. The van der Waals surface area contributed by atoms with Gasteiger partial charge in [-0.2, -0.15) is 0 Å². The molecule has 5 aliphatic rings. The first kappa shape index (κ1) is 29.2. The van der Waals surface area contributed by atoms with Crippen LogP contribution in [0.1, 0.15) is 46.0 Å². The maximum atomic E-state index is 14.4. The van der Waals surface area contributed by atoms with Crippen LogP contribution in [-0.4, -0.2) is 132 Å². The second kappa shape index (κ2) is 12.3. The number of ether oxygens (including phenoxy) is 2. The largest absolute Gasteiger partial charge is 0.396 e. The Hall–Kier alpha value is -2.27. The fraction of sp³-hybridized carbons (Fsp3) is 0.767.